The van der Waals surface area contributed by atoms with Crippen LogP contribution in [0.2, 0.25) is 5.82 Å². The standard InChI is InChI=1S/C4H5B/c1-3-2-4(3)5/h4H,1-2H2. The number of rotatable bonds is 0. The van der Waals surface area contributed by atoms with Gasteiger partial charge in [0.15, 0.2) is 0 Å². The lowest BCUT2D eigenvalue weighted by Crippen LogP contribution is -1.50. The van der Waals surface area contributed by atoms with Gasteiger partial charge in [-0.2, -0.15) is 0 Å². The van der Waals surface area contributed by atoms with E-state index < -0.39 is 0 Å². The van der Waals surface area contributed by atoms with E-state index in [9.17, 15) is 0 Å². The highest BCUT2D eigenvalue weighted by molar-refractivity contribution is 6.16. The largest absolute Gasteiger partial charge is 0.100 e. The molecule has 5 heavy (non-hydrogen) atoms. The van der Waals surface area contributed by atoms with E-state index >= 15 is 0 Å². The molecule has 0 aromatic heterocycles. The van der Waals surface area contributed by atoms with Gasteiger partial charge < -0.3 is 0 Å². The van der Waals surface area contributed by atoms with Crippen LogP contribution in [0.5, 0.6) is 0 Å². The van der Waals surface area contributed by atoms with Crippen LogP contribution in [-0.2, 0) is 0 Å². The van der Waals surface area contributed by atoms with Crippen molar-refractivity contribution < 1.29 is 0 Å². The Kier molecular flexibility index (Phi) is 0.390. The normalized spacial score (nSPS) is 34.4. The fraction of sp³-hybridized carbons (Fsp3) is 0.500. The molecule has 1 aliphatic carbocycles. The molecule has 0 nitrogen and oxygen atoms in total. The zero-order chi connectivity index (χ0) is 3.86. The highest BCUT2D eigenvalue weighted by Gasteiger charge is 2.19. The third-order valence-corrected chi connectivity index (χ3v) is 0.846. The third-order valence-electron chi connectivity index (χ3n) is 0.846. The topological polar surface area (TPSA) is 0 Å². The maximum Gasteiger partial charge on any atom is 0.0763 e. The summed E-state index contributed by atoms with van der Waals surface area (Å²) in [5.74, 6) is 0.356. The Labute approximate surface area is 33.3 Å². The molecule has 1 saturated carbocycles. The number of hydrogen-bond acceptors (Lipinski definition) is 0. The van der Waals surface area contributed by atoms with E-state index in [1.165, 1.54) is 5.57 Å². The van der Waals surface area contributed by atoms with Crippen molar-refractivity contribution in [2.24, 2.45) is 0 Å². The quantitative estimate of drug-likeness (QED) is 0.290. The van der Waals surface area contributed by atoms with Crippen molar-refractivity contribution in [2.45, 2.75) is 12.2 Å². The molecular formula is C4H5B. The van der Waals surface area contributed by atoms with Gasteiger partial charge in [0.25, 0.3) is 0 Å². The van der Waals surface area contributed by atoms with Gasteiger partial charge in [-0.15, -0.1) is 6.58 Å². The third kappa shape index (κ3) is 0.368. The molecule has 1 fully saturated rings. The molecule has 1 unspecified atom stereocenters. The summed E-state index contributed by atoms with van der Waals surface area (Å²) in [6.07, 6.45) is 1.06. The Balaban J connectivity index is 2.47. The Bertz CT molecular complexity index is 66.0. The molecule has 0 spiro atoms. The Morgan fingerprint density at radius 3 is 2.20 bits per heavy atom. The van der Waals surface area contributed by atoms with Gasteiger partial charge in [0.05, 0.1) is 7.85 Å². The minimum Gasteiger partial charge on any atom is -0.100 e. The van der Waals surface area contributed by atoms with E-state index in [0.29, 0.717) is 5.82 Å². The van der Waals surface area contributed by atoms with Crippen LogP contribution in [0.25, 0.3) is 0 Å². The summed E-state index contributed by atoms with van der Waals surface area (Å²) in [5, 5.41) is 0. The molecule has 0 aromatic carbocycles. The summed E-state index contributed by atoms with van der Waals surface area (Å²) in [4.78, 5) is 0. The lowest BCUT2D eigenvalue weighted by molar-refractivity contribution is 1.48. The maximum atomic E-state index is 5.27. The van der Waals surface area contributed by atoms with Gasteiger partial charge in [-0.3, -0.25) is 0 Å². The zero-order valence-electron chi connectivity index (χ0n) is 3.07. The molecule has 0 heterocycles. The van der Waals surface area contributed by atoms with Crippen LogP contribution in [0.15, 0.2) is 12.2 Å². The summed E-state index contributed by atoms with van der Waals surface area (Å²) in [5.41, 5.74) is 1.20. The van der Waals surface area contributed by atoms with Crippen LogP contribution in [0.4, 0.5) is 0 Å². The van der Waals surface area contributed by atoms with Crippen molar-refractivity contribution in [1.82, 2.24) is 0 Å². The van der Waals surface area contributed by atoms with Gasteiger partial charge in [0.2, 0.25) is 0 Å². The fourth-order valence-electron chi connectivity index (χ4n) is 0.224. The van der Waals surface area contributed by atoms with Crippen molar-refractivity contribution in [3.05, 3.63) is 12.2 Å². The van der Waals surface area contributed by atoms with Crippen molar-refractivity contribution >= 4 is 7.85 Å². The lowest BCUT2D eigenvalue weighted by atomic mass is 10.0. The molecule has 0 bridgehead atoms. The average molecular weight is 63.9 g/mol. The van der Waals surface area contributed by atoms with Crippen LogP contribution >= 0.6 is 0 Å². The van der Waals surface area contributed by atoms with Crippen LogP contribution in [0.3, 0.4) is 0 Å². The molecule has 2 radical (unpaired) electrons. The van der Waals surface area contributed by atoms with E-state index in [-0.39, 0.29) is 0 Å². The summed E-state index contributed by atoms with van der Waals surface area (Å²) < 4.78 is 0. The Morgan fingerprint density at radius 2 is 2.20 bits per heavy atom. The van der Waals surface area contributed by atoms with Crippen molar-refractivity contribution in [3.63, 3.8) is 0 Å². The van der Waals surface area contributed by atoms with E-state index in [0.717, 1.165) is 6.42 Å². The van der Waals surface area contributed by atoms with E-state index in [2.05, 4.69) is 6.58 Å². The van der Waals surface area contributed by atoms with Crippen LogP contribution in [-0.4, -0.2) is 7.85 Å². The van der Waals surface area contributed by atoms with Gasteiger partial charge in [-0.05, 0) is 6.42 Å². The number of allylic oxidation sites excluding steroid dienone is 1. The molecule has 1 heteroatoms. The second-order valence-corrected chi connectivity index (χ2v) is 1.47. The first kappa shape index (κ1) is 3.01. The molecule has 1 atom stereocenters. The molecule has 0 aromatic rings. The van der Waals surface area contributed by atoms with Crippen molar-refractivity contribution in [1.29, 1.82) is 0 Å². The average Bonchev–Trinajstić information content (AvgIpc) is 1.79. The molecule has 0 N–H and O–H groups in total. The monoisotopic (exact) mass is 64.0 g/mol. The minimum absolute atomic E-state index is 0.356. The zero-order valence-corrected chi connectivity index (χ0v) is 3.07. The van der Waals surface area contributed by atoms with Crippen LogP contribution < -0.4 is 0 Å². The van der Waals surface area contributed by atoms with E-state index in [1.807, 2.05) is 0 Å². The second kappa shape index (κ2) is 0.646. The lowest BCUT2D eigenvalue weighted by Gasteiger charge is -1.56. The second-order valence-electron chi connectivity index (χ2n) is 1.47. The first-order valence-corrected chi connectivity index (χ1v) is 1.74. The molecular weight excluding hydrogens is 58.9 g/mol. The van der Waals surface area contributed by atoms with Gasteiger partial charge in [-0.1, -0.05) is 11.4 Å². The summed E-state index contributed by atoms with van der Waals surface area (Å²) in [6, 6.07) is 0. The first-order chi connectivity index (χ1) is 2.30. The molecule has 0 saturated heterocycles. The predicted molar refractivity (Wildman–Crippen MR) is 23.3 cm³/mol. The smallest absolute Gasteiger partial charge is 0.0763 e. The first-order valence-electron chi connectivity index (χ1n) is 1.74. The van der Waals surface area contributed by atoms with Gasteiger partial charge in [-0.25, -0.2) is 0 Å². The van der Waals surface area contributed by atoms with Crippen LogP contribution in [0.1, 0.15) is 6.42 Å². The Hall–Kier alpha value is -0.195. The molecule has 0 aliphatic heterocycles. The van der Waals surface area contributed by atoms with Gasteiger partial charge >= 0.3 is 0 Å². The predicted octanol–water partition coefficient (Wildman–Crippen LogP) is 0.903. The highest BCUT2D eigenvalue weighted by atomic mass is 14.2. The number of hydrogen-bond donors (Lipinski definition) is 0. The molecule has 24 valence electrons. The molecule has 0 amide bonds. The minimum atomic E-state index is 0.356. The van der Waals surface area contributed by atoms with Crippen molar-refractivity contribution in [2.75, 3.05) is 0 Å². The SMILES string of the molecule is [B]C1CC1=C. The summed E-state index contributed by atoms with van der Waals surface area (Å²) in [6.45, 7) is 3.62. The Morgan fingerprint density at radius 1 is 2.00 bits per heavy atom. The van der Waals surface area contributed by atoms with Gasteiger partial charge in [0.1, 0.15) is 0 Å². The summed E-state index contributed by atoms with van der Waals surface area (Å²) in [7, 11) is 5.27. The van der Waals surface area contributed by atoms with Crippen LogP contribution in [0, 0.1) is 0 Å². The maximum absolute atomic E-state index is 5.27. The van der Waals surface area contributed by atoms with E-state index in [4.69, 9.17) is 7.85 Å². The molecule has 1 aliphatic rings. The van der Waals surface area contributed by atoms with Crippen molar-refractivity contribution in [3.8, 4) is 0 Å². The molecule has 1 rings (SSSR count). The fourth-order valence-corrected chi connectivity index (χ4v) is 0.224. The van der Waals surface area contributed by atoms with Gasteiger partial charge in [0, 0.05) is 0 Å². The van der Waals surface area contributed by atoms with E-state index in [1.54, 1.807) is 0 Å². The summed E-state index contributed by atoms with van der Waals surface area (Å²) >= 11 is 0. The highest BCUT2D eigenvalue weighted by Crippen LogP contribution is 2.38.